The topological polar surface area (TPSA) is 75.7 Å². The molecule has 0 aliphatic carbocycles. The quantitative estimate of drug-likeness (QED) is 0.297. The van der Waals surface area contributed by atoms with Crippen LogP contribution in [0.25, 0.3) is 0 Å². The molecular weight excluding hydrogens is 252 g/mol. The molecule has 5 nitrogen and oxygen atoms in total. The summed E-state index contributed by atoms with van der Waals surface area (Å²) in [6, 6.07) is 5.80. The molecule has 0 saturated heterocycles. The van der Waals surface area contributed by atoms with Crippen LogP contribution in [0.15, 0.2) is 29.4 Å². The smallest absolute Gasteiger partial charge is 0.269 e. The van der Waals surface area contributed by atoms with Crippen molar-refractivity contribution in [3.63, 3.8) is 0 Å². The second-order valence-corrected chi connectivity index (χ2v) is 3.05. The summed E-state index contributed by atoms with van der Waals surface area (Å²) in [5.41, 5.74) is 1.09. The Bertz CT molecular complexity index is 361. The van der Waals surface area contributed by atoms with Crippen molar-refractivity contribution in [3.05, 3.63) is 39.9 Å². The van der Waals surface area contributed by atoms with Gasteiger partial charge in [-0.15, -0.1) is 0 Å². The number of hydrogen-bond acceptors (Lipinski definition) is 4. The van der Waals surface area contributed by atoms with E-state index in [4.69, 9.17) is 5.21 Å². The van der Waals surface area contributed by atoms with E-state index in [1.807, 2.05) is 0 Å². The van der Waals surface area contributed by atoms with Crippen molar-refractivity contribution >= 4 is 27.3 Å². The highest BCUT2D eigenvalue weighted by Crippen LogP contribution is 2.13. The molecule has 0 aliphatic heterocycles. The number of alkyl halides is 1. The van der Waals surface area contributed by atoms with Crippen LogP contribution in [0.3, 0.4) is 0 Å². The molecule has 0 aliphatic rings. The third-order valence-electron chi connectivity index (χ3n) is 1.66. The van der Waals surface area contributed by atoms with Crippen molar-refractivity contribution in [2.24, 2.45) is 5.16 Å². The van der Waals surface area contributed by atoms with Crippen molar-refractivity contribution in [1.82, 2.24) is 0 Å². The summed E-state index contributed by atoms with van der Waals surface area (Å²) >= 11 is 3.14. The summed E-state index contributed by atoms with van der Waals surface area (Å²) in [4.78, 5) is 9.86. The second kappa shape index (κ2) is 4.71. The zero-order chi connectivity index (χ0) is 10.6. The summed E-state index contributed by atoms with van der Waals surface area (Å²) < 4.78 is 0. The first kappa shape index (κ1) is 10.6. The first-order valence-corrected chi connectivity index (χ1v) is 4.83. The Morgan fingerprint density at radius 1 is 1.50 bits per heavy atom. The molecule has 0 spiro atoms. The van der Waals surface area contributed by atoms with Crippen LogP contribution < -0.4 is 0 Å². The zero-order valence-electron chi connectivity index (χ0n) is 7.05. The average molecular weight is 259 g/mol. The molecule has 0 fully saturated rings. The van der Waals surface area contributed by atoms with E-state index >= 15 is 0 Å². The van der Waals surface area contributed by atoms with Crippen LogP contribution >= 0.6 is 15.9 Å². The molecule has 14 heavy (non-hydrogen) atoms. The number of non-ortho nitro benzene ring substituents is 1. The zero-order valence-corrected chi connectivity index (χ0v) is 8.64. The number of halogens is 1. The summed E-state index contributed by atoms with van der Waals surface area (Å²) in [7, 11) is 0. The minimum Gasteiger partial charge on any atom is -0.411 e. The van der Waals surface area contributed by atoms with E-state index in [-0.39, 0.29) is 5.69 Å². The van der Waals surface area contributed by atoms with Gasteiger partial charge in [-0.2, -0.15) is 0 Å². The Morgan fingerprint density at radius 2 is 2.07 bits per heavy atom. The maximum atomic E-state index is 10.3. The van der Waals surface area contributed by atoms with Crippen molar-refractivity contribution in [3.8, 4) is 0 Å². The Kier molecular flexibility index (Phi) is 3.58. The van der Waals surface area contributed by atoms with Crippen molar-refractivity contribution in [2.75, 3.05) is 5.33 Å². The lowest BCUT2D eigenvalue weighted by Gasteiger charge is -1.99. The lowest BCUT2D eigenvalue weighted by molar-refractivity contribution is -0.384. The van der Waals surface area contributed by atoms with Gasteiger partial charge in [-0.05, 0) is 12.1 Å². The number of hydrogen-bond donors (Lipinski definition) is 1. The van der Waals surface area contributed by atoms with E-state index in [1.54, 1.807) is 0 Å². The van der Waals surface area contributed by atoms with Gasteiger partial charge in [0.15, 0.2) is 0 Å². The third kappa shape index (κ3) is 2.29. The molecule has 0 unspecified atom stereocenters. The van der Waals surface area contributed by atoms with E-state index in [1.165, 1.54) is 24.3 Å². The van der Waals surface area contributed by atoms with Gasteiger partial charge in [0.25, 0.3) is 5.69 Å². The third-order valence-corrected chi connectivity index (χ3v) is 2.19. The van der Waals surface area contributed by atoms with E-state index in [9.17, 15) is 10.1 Å². The minimum atomic E-state index is -0.478. The number of nitro benzene ring substituents is 1. The fourth-order valence-corrected chi connectivity index (χ4v) is 1.37. The maximum absolute atomic E-state index is 10.3. The number of rotatable bonds is 3. The number of nitro groups is 1. The molecule has 0 atom stereocenters. The fourth-order valence-electron chi connectivity index (χ4n) is 0.937. The Balaban J connectivity index is 2.99. The summed E-state index contributed by atoms with van der Waals surface area (Å²) in [5.74, 6) is 0. The van der Waals surface area contributed by atoms with Gasteiger partial charge in [-0.1, -0.05) is 21.1 Å². The van der Waals surface area contributed by atoms with E-state index in [0.717, 1.165) is 0 Å². The molecule has 1 N–H and O–H groups in total. The predicted octanol–water partition coefficient (Wildman–Crippen LogP) is 2.17. The molecular formula is C8H7BrN2O3. The second-order valence-electron chi connectivity index (χ2n) is 2.48. The lowest BCUT2D eigenvalue weighted by atomic mass is 10.1. The van der Waals surface area contributed by atoms with Gasteiger partial charge in [0, 0.05) is 23.0 Å². The highest BCUT2D eigenvalue weighted by Gasteiger charge is 2.07. The van der Waals surface area contributed by atoms with E-state index in [2.05, 4.69) is 21.1 Å². The highest BCUT2D eigenvalue weighted by molar-refractivity contribution is 9.09. The predicted molar refractivity (Wildman–Crippen MR) is 55.2 cm³/mol. The number of benzene rings is 1. The largest absolute Gasteiger partial charge is 0.411 e. The van der Waals surface area contributed by atoms with Gasteiger partial charge < -0.3 is 5.21 Å². The molecule has 0 saturated carbocycles. The molecule has 0 bridgehead atoms. The average Bonchev–Trinajstić information content (AvgIpc) is 2.20. The van der Waals surface area contributed by atoms with Crippen molar-refractivity contribution in [1.29, 1.82) is 0 Å². The van der Waals surface area contributed by atoms with Crippen LogP contribution in [0.4, 0.5) is 5.69 Å². The lowest BCUT2D eigenvalue weighted by Crippen LogP contribution is -2.02. The monoisotopic (exact) mass is 258 g/mol. The molecule has 1 aromatic rings. The van der Waals surface area contributed by atoms with Gasteiger partial charge in [0.05, 0.1) is 10.6 Å². The molecule has 1 aromatic carbocycles. The Morgan fingerprint density at radius 3 is 2.43 bits per heavy atom. The van der Waals surface area contributed by atoms with Crippen LogP contribution in [-0.4, -0.2) is 21.2 Å². The standard InChI is InChI=1S/C8H7BrN2O3/c9-5-8(10-12)6-1-3-7(4-2-6)11(13)14/h1-4,12H,5H2/b10-8-. The Labute approximate surface area is 88.3 Å². The highest BCUT2D eigenvalue weighted by atomic mass is 79.9. The van der Waals surface area contributed by atoms with Gasteiger partial charge in [-0.25, -0.2) is 0 Å². The molecule has 0 amide bonds. The Hall–Kier alpha value is -1.43. The minimum absolute atomic E-state index is 0.0145. The normalized spacial score (nSPS) is 11.4. The molecule has 6 heteroatoms. The van der Waals surface area contributed by atoms with Crippen molar-refractivity contribution < 1.29 is 10.1 Å². The van der Waals surface area contributed by atoms with Crippen LogP contribution in [0.5, 0.6) is 0 Å². The van der Waals surface area contributed by atoms with Gasteiger partial charge >= 0.3 is 0 Å². The molecule has 1 rings (SSSR count). The molecule has 0 heterocycles. The van der Waals surface area contributed by atoms with Crippen LogP contribution in [-0.2, 0) is 0 Å². The van der Waals surface area contributed by atoms with Crippen LogP contribution in [0.1, 0.15) is 5.56 Å². The first-order valence-electron chi connectivity index (χ1n) is 3.70. The first-order chi connectivity index (χ1) is 6.69. The van der Waals surface area contributed by atoms with Crippen molar-refractivity contribution in [2.45, 2.75) is 0 Å². The van der Waals surface area contributed by atoms with Gasteiger partial charge in [0.1, 0.15) is 0 Å². The molecule has 0 aromatic heterocycles. The SMILES string of the molecule is O=[N+]([O-])c1ccc(/C(CBr)=N\O)cc1. The van der Waals surface area contributed by atoms with Crippen LogP contribution in [0.2, 0.25) is 0 Å². The number of oxime groups is 1. The molecule has 0 radical (unpaired) electrons. The maximum Gasteiger partial charge on any atom is 0.269 e. The molecule has 74 valence electrons. The number of nitrogens with zero attached hydrogens (tertiary/aromatic N) is 2. The van der Waals surface area contributed by atoms with E-state index in [0.29, 0.717) is 16.6 Å². The fraction of sp³-hybridized carbons (Fsp3) is 0.125. The summed E-state index contributed by atoms with van der Waals surface area (Å²) in [5, 5.41) is 22.4. The summed E-state index contributed by atoms with van der Waals surface area (Å²) in [6.07, 6.45) is 0. The summed E-state index contributed by atoms with van der Waals surface area (Å²) in [6.45, 7) is 0. The van der Waals surface area contributed by atoms with Gasteiger partial charge in [-0.3, -0.25) is 10.1 Å². The van der Waals surface area contributed by atoms with Gasteiger partial charge in [0.2, 0.25) is 0 Å². The van der Waals surface area contributed by atoms with E-state index < -0.39 is 4.92 Å². The van der Waals surface area contributed by atoms with Crippen LogP contribution in [0, 0.1) is 10.1 Å².